The first-order valence-electron chi connectivity index (χ1n) is 9.99. The first kappa shape index (κ1) is 23.0. The summed E-state index contributed by atoms with van der Waals surface area (Å²) in [6, 6.07) is 0.352. The summed E-state index contributed by atoms with van der Waals surface area (Å²) in [5, 5.41) is 6.96. The second kappa shape index (κ2) is 9.05. The standard InChI is InChI=1S/C19H32F3N3O.HI/c1-4-23-17(24-13-9-7-12(8-10-13)19(20,21)22)25-15-14-6-5-11-26-16(14)18(15,2)3;/h12-16H,4-11H2,1-3H3,(H2,23,24,25);1H. The molecule has 8 heteroatoms. The summed E-state index contributed by atoms with van der Waals surface area (Å²) in [6.45, 7) is 7.89. The van der Waals surface area contributed by atoms with Crippen LogP contribution in [0.3, 0.4) is 0 Å². The lowest BCUT2D eigenvalue weighted by Gasteiger charge is -2.60. The number of guanidine groups is 1. The molecule has 2 saturated carbocycles. The van der Waals surface area contributed by atoms with Crippen LogP contribution >= 0.6 is 24.0 Å². The molecule has 0 amide bonds. The van der Waals surface area contributed by atoms with Gasteiger partial charge in [-0.25, -0.2) is 0 Å². The van der Waals surface area contributed by atoms with Crippen molar-refractivity contribution in [1.82, 2.24) is 10.6 Å². The molecule has 0 spiro atoms. The highest BCUT2D eigenvalue weighted by molar-refractivity contribution is 14.0. The molecule has 3 atom stereocenters. The fraction of sp³-hybridized carbons (Fsp3) is 0.947. The molecule has 0 aromatic heterocycles. The van der Waals surface area contributed by atoms with Crippen molar-refractivity contribution >= 4 is 29.9 Å². The van der Waals surface area contributed by atoms with Gasteiger partial charge in [-0.05, 0) is 45.4 Å². The average molecular weight is 503 g/mol. The minimum absolute atomic E-state index is 0. The van der Waals surface area contributed by atoms with Gasteiger partial charge in [-0.2, -0.15) is 13.2 Å². The van der Waals surface area contributed by atoms with E-state index in [0.29, 0.717) is 31.4 Å². The van der Waals surface area contributed by atoms with Crippen molar-refractivity contribution in [3.8, 4) is 0 Å². The average Bonchev–Trinajstić information content (AvgIpc) is 2.59. The van der Waals surface area contributed by atoms with Crippen molar-refractivity contribution < 1.29 is 17.9 Å². The summed E-state index contributed by atoms with van der Waals surface area (Å²) in [5.41, 5.74) is 0.0369. The largest absolute Gasteiger partial charge is 0.391 e. The van der Waals surface area contributed by atoms with Crippen LogP contribution < -0.4 is 10.6 Å². The van der Waals surface area contributed by atoms with Crippen molar-refractivity contribution in [2.24, 2.45) is 22.2 Å². The lowest BCUT2D eigenvalue weighted by Crippen LogP contribution is -2.71. The molecule has 0 bridgehead atoms. The first-order chi connectivity index (χ1) is 12.2. The normalized spacial score (nSPS) is 36.1. The van der Waals surface area contributed by atoms with Crippen LogP contribution in [0.5, 0.6) is 0 Å². The van der Waals surface area contributed by atoms with Crippen molar-refractivity contribution in [3.63, 3.8) is 0 Å². The van der Waals surface area contributed by atoms with Crippen molar-refractivity contribution in [2.45, 2.75) is 83.7 Å². The fourth-order valence-electron chi connectivity index (χ4n) is 5.01. The Morgan fingerprint density at radius 2 is 1.78 bits per heavy atom. The van der Waals surface area contributed by atoms with E-state index in [2.05, 4.69) is 29.5 Å². The number of rotatable bonds is 3. The Morgan fingerprint density at radius 3 is 2.37 bits per heavy atom. The zero-order valence-corrected chi connectivity index (χ0v) is 18.8. The Balaban J connectivity index is 0.00000261. The number of hydrogen-bond donors (Lipinski definition) is 2. The summed E-state index contributed by atoms with van der Waals surface area (Å²) in [7, 11) is 0. The Kier molecular flexibility index (Phi) is 7.72. The van der Waals surface area contributed by atoms with E-state index < -0.39 is 12.1 Å². The monoisotopic (exact) mass is 503 g/mol. The van der Waals surface area contributed by atoms with E-state index in [9.17, 15) is 13.2 Å². The van der Waals surface area contributed by atoms with E-state index in [0.717, 1.165) is 25.4 Å². The number of nitrogens with one attached hydrogen (secondary N) is 2. The van der Waals surface area contributed by atoms with Gasteiger partial charge in [0.05, 0.1) is 12.0 Å². The van der Waals surface area contributed by atoms with E-state index in [4.69, 9.17) is 4.74 Å². The van der Waals surface area contributed by atoms with Crippen LogP contribution in [-0.2, 0) is 4.74 Å². The molecule has 2 N–H and O–H groups in total. The molecule has 27 heavy (non-hydrogen) atoms. The Labute approximate surface area is 177 Å². The van der Waals surface area contributed by atoms with Crippen LogP contribution in [0.15, 0.2) is 4.99 Å². The van der Waals surface area contributed by atoms with Crippen LogP contribution in [-0.4, -0.2) is 43.5 Å². The third kappa shape index (κ3) is 5.03. The molecule has 0 radical (unpaired) electrons. The van der Waals surface area contributed by atoms with Gasteiger partial charge in [-0.3, -0.25) is 4.99 Å². The van der Waals surface area contributed by atoms with E-state index in [-0.39, 0.29) is 54.3 Å². The maximum Gasteiger partial charge on any atom is 0.391 e. The lowest BCUT2D eigenvalue weighted by molar-refractivity contribution is -0.188. The smallest absolute Gasteiger partial charge is 0.377 e. The number of aliphatic imine (C=N–C) groups is 1. The third-order valence-corrected chi connectivity index (χ3v) is 6.47. The molecule has 3 fully saturated rings. The number of halogens is 4. The molecule has 158 valence electrons. The fourth-order valence-corrected chi connectivity index (χ4v) is 5.01. The molecule has 3 unspecified atom stereocenters. The molecule has 1 aliphatic heterocycles. The summed E-state index contributed by atoms with van der Waals surface area (Å²) in [4.78, 5) is 4.54. The van der Waals surface area contributed by atoms with Crippen LogP contribution in [0.1, 0.15) is 59.3 Å². The topological polar surface area (TPSA) is 45.7 Å². The van der Waals surface area contributed by atoms with Crippen molar-refractivity contribution in [2.75, 3.05) is 13.2 Å². The number of fused-ring (bicyclic) bond motifs is 1. The highest BCUT2D eigenvalue weighted by Crippen LogP contribution is 2.51. The lowest BCUT2D eigenvalue weighted by atomic mass is 9.55. The van der Waals surface area contributed by atoms with Crippen molar-refractivity contribution in [1.29, 1.82) is 0 Å². The first-order valence-corrected chi connectivity index (χ1v) is 9.99. The number of alkyl halides is 3. The van der Waals surface area contributed by atoms with Gasteiger partial charge in [0.2, 0.25) is 0 Å². The van der Waals surface area contributed by atoms with Crippen LogP contribution in [0, 0.1) is 17.3 Å². The van der Waals surface area contributed by atoms with E-state index in [1.807, 2.05) is 6.92 Å². The molecule has 3 rings (SSSR count). The van der Waals surface area contributed by atoms with E-state index >= 15 is 0 Å². The highest BCUT2D eigenvalue weighted by atomic mass is 127. The van der Waals surface area contributed by atoms with E-state index in [1.165, 1.54) is 0 Å². The SMILES string of the molecule is CCN=C(NC1CCC(C(F)(F)F)CC1)NC1C2CCCOC2C1(C)C.I. The molecule has 1 heterocycles. The minimum Gasteiger partial charge on any atom is -0.377 e. The van der Waals surface area contributed by atoms with Gasteiger partial charge in [-0.1, -0.05) is 13.8 Å². The molecular formula is C19H33F3IN3O. The number of ether oxygens (including phenoxy) is 1. The summed E-state index contributed by atoms with van der Waals surface area (Å²) in [6.07, 6.45) is -0.0431. The molecule has 0 aromatic rings. The zero-order chi connectivity index (χ0) is 18.9. The summed E-state index contributed by atoms with van der Waals surface area (Å²) >= 11 is 0. The third-order valence-electron chi connectivity index (χ3n) is 6.47. The van der Waals surface area contributed by atoms with Crippen molar-refractivity contribution in [3.05, 3.63) is 0 Å². The predicted molar refractivity (Wildman–Crippen MR) is 111 cm³/mol. The van der Waals surface area contributed by atoms with Gasteiger partial charge in [0.1, 0.15) is 0 Å². The number of hydrogen-bond acceptors (Lipinski definition) is 2. The predicted octanol–water partition coefficient (Wildman–Crippen LogP) is 4.48. The second-order valence-corrected chi connectivity index (χ2v) is 8.60. The minimum atomic E-state index is -4.06. The Bertz CT molecular complexity index is 519. The zero-order valence-electron chi connectivity index (χ0n) is 16.4. The summed E-state index contributed by atoms with van der Waals surface area (Å²) in [5.74, 6) is 0.0828. The summed E-state index contributed by atoms with van der Waals surface area (Å²) < 4.78 is 44.5. The quantitative estimate of drug-likeness (QED) is 0.339. The molecular weight excluding hydrogens is 470 g/mol. The van der Waals surface area contributed by atoms with Gasteiger partial charge in [0.15, 0.2) is 5.96 Å². The van der Waals surface area contributed by atoms with Gasteiger partial charge >= 0.3 is 6.18 Å². The van der Waals surface area contributed by atoms with Gasteiger partial charge in [-0.15, -0.1) is 24.0 Å². The highest BCUT2D eigenvalue weighted by Gasteiger charge is 2.58. The molecule has 4 nitrogen and oxygen atoms in total. The number of nitrogens with zero attached hydrogens (tertiary/aromatic N) is 1. The molecule has 1 saturated heterocycles. The second-order valence-electron chi connectivity index (χ2n) is 8.60. The molecule has 2 aliphatic carbocycles. The maximum absolute atomic E-state index is 12.9. The van der Waals surface area contributed by atoms with Gasteiger partial charge in [0, 0.05) is 36.6 Å². The van der Waals surface area contributed by atoms with Gasteiger partial charge < -0.3 is 15.4 Å². The van der Waals surface area contributed by atoms with Crippen LogP contribution in [0.25, 0.3) is 0 Å². The molecule has 0 aromatic carbocycles. The van der Waals surface area contributed by atoms with E-state index in [1.54, 1.807) is 0 Å². The molecule has 3 aliphatic rings. The van der Waals surface area contributed by atoms with Crippen LogP contribution in [0.4, 0.5) is 13.2 Å². The maximum atomic E-state index is 12.9. The Hall–Kier alpha value is -0.250. The van der Waals surface area contributed by atoms with Crippen LogP contribution in [0.2, 0.25) is 0 Å². The Morgan fingerprint density at radius 1 is 1.11 bits per heavy atom. The van der Waals surface area contributed by atoms with Gasteiger partial charge in [0.25, 0.3) is 0 Å².